The summed E-state index contributed by atoms with van der Waals surface area (Å²) in [6.45, 7) is 3.18. The predicted octanol–water partition coefficient (Wildman–Crippen LogP) is 2.49. The Morgan fingerprint density at radius 3 is 2.53 bits per heavy atom. The summed E-state index contributed by atoms with van der Waals surface area (Å²) in [5.74, 6) is 0.558. The minimum atomic E-state index is -3.52. The normalized spacial score (nSPS) is 18.4. The molecule has 1 saturated heterocycles. The van der Waals surface area contributed by atoms with Crippen LogP contribution in [0, 0.1) is 5.92 Å². The van der Waals surface area contributed by atoms with Gasteiger partial charge in [-0.3, -0.25) is 4.79 Å². The van der Waals surface area contributed by atoms with E-state index >= 15 is 0 Å². The Labute approximate surface area is 118 Å². The van der Waals surface area contributed by atoms with Gasteiger partial charge < -0.3 is 0 Å². The Bertz CT molecular complexity index is 577. The van der Waals surface area contributed by atoms with Crippen LogP contribution in [-0.2, 0) is 10.0 Å². The molecule has 19 heavy (non-hydrogen) atoms. The van der Waals surface area contributed by atoms with Gasteiger partial charge in [0.25, 0.3) is 5.24 Å². The third kappa shape index (κ3) is 3.16. The van der Waals surface area contributed by atoms with Crippen molar-refractivity contribution in [3.05, 3.63) is 29.8 Å². The molecule has 0 atom stereocenters. The van der Waals surface area contributed by atoms with Gasteiger partial charge in [0.2, 0.25) is 10.0 Å². The maximum absolute atomic E-state index is 12.4. The minimum Gasteiger partial charge on any atom is -0.276 e. The van der Waals surface area contributed by atoms with Crippen molar-refractivity contribution in [2.24, 2.45) is 5.92 Å². The lowest BCUT2D eigenvalue weighted by atomic mass is 10.0. The van der Waals surface area contributed by atoms with E-state index in [1.54, 1.807) is 0 Å². The van der Waals surface area contributed by atoms with Gasteiger partial charge in [-0.15, -0.1) is 0 Å². The van der Waals surface area contributed by atoms with Crippen molar-refractivity contribution >= 4 is 26.9 Å². The molecule has 1 heterocycles. The van der Waals surface area contributed by atoms with Gasteiger partial charge in [-0.05, 0) is 42.5 Å². The molecule has 1 aromatic carbocycles. The first-order chi connectivity index (χ1) is 8.91. The monoisotopic (exact) mass is 301 g/mol. The first-order valence-corrected chi connectivity index (χ1v) is 8.03. The van der Waals surface area contributed by atoms with Crippen molar-refractivity contribution < 1.29 is 13.2 Å². The van der Waals surface area contributed by atoms with Crippen LogP contribution in [0.1, 0.15) is 30.1 Å². The molecular weight excluding hydrogens is 286 g/mol. The standard InChI is InChI=1S/C13H16ClNO3S/c1-10-5-7-15(8-6-10)19(17,18)12-4-2-3-11(9-12)13(14)16/h2-4,9-10H,5-8H2,1H3. The number of carbonyl (C=O) groups excluding carboxylic acids is 1. The molecule has 0 aliphatic carbocycles. The second-order valence-corrected chi connectivity index (χ2v) is 7.17. The summed E-state index contributed by atoms with van der Waals surface area (Å²) in [6.07, 6.45) is 1.74. The smallest absolute Gasteiger partial charge is 0.252 e. The zero-order valence-electron chi connectivity index (χ0n) is 10.7. The molecule has 104 valence electrons. The van der Waals surface area contributed by atoms with Gasteiger partial charge in [-0.2, -0.15) is 4.31 Å². The molecule has 0 spiro atoms. The molecule has 1 aromatic rings. The van der Waals surface area contributed by atoms with Crippen molar-refractivity contribution in [2.75, 3.05) is 13.1 Å². The van der Waals surface area contributed by atoms with Crippen molar-refractivity contribution in [1.82, 2.24) is 4.31 Å². The molecule has 1 aliphatic rings. The predicted molar refractivity (Wildman–Crippen MR) is 73.8 cm³/mol. The van der Waals surface area contributed by atoms with Crippen LogP contribution < -0.4 is 0 Å². The zero-order chi connectivity index (χ0) is 14.0. The molecule has 6 heteroatoms. The average molecular weight is 302 g/mol. The third-order valence-corrected chi connectivity index (χ3v) is 5.55. The molecule has 0 bridgehead atoms. The molecule has 1 fully saturated rings. The number of hydrogen-bond donors (Lipinski definition) is 0. The Balaban J connectivity index is 2.29. The number of sulfonamides is 1. The molecule has 1 aliphatic heterocycles. The quantitative estimate of drug-likeness (QED) is 0.806. The lowest BCUT2D eigenvalue weighted by Gasteiger charge is -2.29. The number of hydrogen-bond acceptors (Lipinski definition) is 3. The highest BCUT2D eigenvalue weighted by atomic mass is 35.5. The molecule has 2 rings (SSSR count). The van der Waals surface area contributed by atoms with Gasteiger partial charge in [0, 0.05) is 18.7 Å². The van der Waals surface area contributed by atoms with Crippen LogP contribution in [0.2, 0.25) is 0 Å². The molecule has 0 unspecified atom stereocenters. The average Bonchev–Trinajstić information content (AvgIpc) is 2.39. The van der Waals surface area contributed by atoms with Crippen LogP contribution in [0.15, 0.2) is 29.2 Å². The Morgan fingerprint density at radius 1 is 1.32 bits per heavy atom. The molecular formula is C13H16ClNO3S. The molecule has 0 radical (unpaired) electrons. The van der Waals surface area contributed by atoms with Crippen molar-refractivity contribution in [3.63, 3.8) is 0 Å². The summed E-state index contributed by atoms with van der Waals surface area (Å²) >= 11 is 5.38. The van der Waals surface area contributed by atoms with Crippen LogP contribution in [0.3, 0.4) is 0 Å². The number of benzene rings is 1. The van der Waals surface area contributed by atoms with Crippen LogP contribution >= 0.6 is 11.6 Å². The number of carbonyl (C=O) groups is 1. The largest absolute Gasteiger partial charge is 0.276 e. The SMILES string of the molecule is CC1CCN(S(=O)(=O)c2cccc(C(=O)Cl)c2)CC1. The summed E-state index contributed by atoms with van der Waals surface area (Å²) < 4.78 is 26.4. The van der Waals surface area contributed by atoms with Crippen LogP contribution in [0.5, 0.6) is 0 Å². The summed E-state index contributed by atoms with van der Waals surface area (Å²) in [7, 11) is -3.52. The molecule has 4 nitrogen and oxygen atoms in total. The van der Waals surface area contributed by atoms with Gasteiger partial charge in [-0.25, -0.2) is 8.42 Å². The minimum absolute atomic E-state index is 0.133. The van der Waals surface area contributed by atoms with Gasteiger partial charge in [-0.1, -0.05) is 19.1 Å². The van der Waals surface area contributed by atoms with Crippen LogP contribution in [0.4, 0.5) is 0 Å². The number of halogens is 1. The maximum atomic E-state index is 12.4. The Kier molecular flexibility index (Phi) is 4.28. The van der Waals surface area contributed by atoms with Crippen molar-refractivity contribution in [2.45, 2.75) is 24.7 Å². The highest BCUT2D eigenvalue weighted by Gasteiger charge is 2.28. The summed E-state index contributed by atoms with van der Waals surface area (Å²) in [5, 5.41) is -0.649. The second-order valence-electron chi connectivity index (χ2n) is 4.89. The van der Waals surface area contributed by atoms with E-state index in [-0.39, 0.29) is 10.5 Å². The summed E-state index contributed by atoms with van der Waals surface area (Å²) in [4.78, 5) is 11.2. The third-order valence-electron chi connectivity index (χ3n) is 3.44. The first kappa shape index (κ1) is 14.5. The van der Waals surface area contributed by atoms with Crippen molar-refractivity contribution in [1.29, 1.82) is 0 Å². The second kappa shape index (κ2) is 5.61. The number of piperidine rings is 1. The van der Waals surface area contributed by atoms with Gasteiger partial charge in [0.05, 0.1) is 4.90 Å². The Hall–Kier alpha value is -0.910. The van der Waals surface area contributed by atoms with E-state index in [0.717, 1.165) is 12.8 Å². The van der Waals surface area contributed by atoms with Gasteiger partial charge in [0.15, 0.2) is 0 Å². The lowest BCUT2D eigenvalue weighted by Crippen LogP contribution is -2.37. The summed E-state index contributed by atoms with van der Waals surface area (Å²) in [5.41, 5.74) is 0.202. The summed E-state index contributed by atoms with van der Waals surface area (Å²) in [6, 6.07) is 5.88. The fourth-order valence-electron chi connectivity index (χ4n) is 2.15. The van der Waals surface area contributed by atoms with E-state index < -0.39 is 15.3 Å². The fourth-order valence-corrected chi connectivity index (χ4v) is 3.79. The van der Waals surface area contributed by atoms with E-state index in [2.05, 4.69) is 6.92 Å². The Morgan fingerprint density at radius 2 is 1.95 bits per heavy atom. The van der Waals surface area contributed by atoms with E-state index in [0.29, 0.717) is 19.0 Å². The van der Waals surface area contributed by atoms with Crippen LogP contribution in [0.25, 0.3) is 0 Å². The zero-order valence-corrected chi connectivity index (χ0v) is 12.2. The molecule has 0 amide bonds. The highest BCUT2D eigenvalue weighted by molar-refractivity contribution is 7.89. The van der Waals surface area contributed by atoms with Gasteiger partial charge >= 0.3 is 0 Å². The van der Waals surface area contributed by atoms with E-state index in [4.69, 9.17) is 11.6 Å². The van der Waals surface area contributed by atoms with E-state index in [9.17, 15) is 13.2 Å². The maximum Gasteiger partial charge on any atom is 0.252 e. The van der Waals surface area contributed by atoms with E-state index in [1.165, 1.54) is 28.6 Å². The topological polar surface area (TPSA) is 54.5 Å². The molecule has 0 N–H and O–H groups in total. The molecule has 0 saturated carbocycles. The number of nitrogens with zero attached hydrogens (tertiary/aromatic N) is 1. The highest BCUT2D eigenvalue weighted by Crippen LogP contribution is 2.24. The fraction of sp³-hybridized carbons (Fsp3) is 0.462. The van der Waals surface area contributed by atoms with Crippen LogP contribution in [-0.4, -0.2) is 31.1 Å². The van der Waals surface area contributed by atoms with Gasteiger partial charge in [0.1, 0.15) is 0 Å². The first-order valence-electron chi connectivity index (χ1n) is 6.21. The number of rotatable bonds is 3. The molecule has 0 aromatic heterocycles. The lowest BCUT2D eigenvalue weighted by molar-refractivity contribution is 0.108. The van der Waals surface area contributed by atoms with Crippen molar-refractivity contribution in [3.8, 4) is 0 Å². The van der Waals surface area contributed by atoms with E-state index in [1.807, 2.05) is 0 Å².